The van der Waals surface area contributed by atoms with Crippen LogP contribution in [0, 0.1) is 5.92 Å². The molecule has 2 fully saturated rings. The smallest absolute Gasteiger partial charge is 0.0659 e. The molecule has 82 valence electrons. The average molecular weight is 205 g/mol. The van der Waals surface area contributed by atoms with Crippen molar-refractivity contribution < 1.29 is 0 Å². The maximum absolute atomic E-state index is 5.98. The third-order valence-electron chi connectivity index (χ3n) is 3.42. The lowest BCUT2D eigenvalue weighted by molar-refractivity contribution is 0.518. The zero-order valence-electron chi connectivity index (χ0n) is 9.32. The Morgan fingerprint density at radius 1 is 1.47 bits per heavy atom. The molecule has 0 bridgehead atoms. The summed E-state index contributed by atoms with van der Waals surface area (Å²) < 4.78 is 2.16. The van der Waals surface area contributed by atoms with Crippen molar-refractivity contribution in [2.75, 3.05) is 0 Å². The van der Waals surface area contributed by atoms with Crippen molar-refractivity contribution >= 4 is 0 Å². The van der Waals surface area contributed by atoms with Crippen LogP contribution in [0.3, 0.4) is 0 Å². The van der Waals surface area contributed by atoms with Gasteiger partial charge in [0.15, 0.2) is 0 Å². The van der Waals surface area contributed by atoms with Crippen LogP contribution in [0.2, 0.25) is 0 Å². The quantitative estimate of drug-likeness (QED) is 0.818. The first-order chi connectivity index (χ1) is 7.24. The van der Waals surface area contributed by atoms with E-state index < -0.39 is 0 Å². The van der Waals surface area contributed by atoms with Crippen LogP contribution >= 0.6 is 0 Å². The van der Waals surface area contributed by atoms with Gasteiger partial charge in [-0.2, -0.15) is 5.10 Å². The van der Waals surface area contributed by atoms with E-state index in [9.17, 15) is 0 Å². The summed E-state index contributed by atoms with van der Waals surface area (Å²) in [4.78, 5) is 0. The summed E-state index contributed by atoms with van der Waals surface area (Å²) in [5.41, 5.74) is 8.49. The van der Waals surface area contributed by atoms with E-state index in [1.807, 2.05) is 0 Å². The molecule has 3 rings (SSSR count). The Kier molecular flexibility index (Phi) is 2.09. The van der Waals surface area contributed by atoms with Crippen LogP contribution in [0.4, 0.5) is 0 Å². The standard InChI is InChI=1S/C12H19N3/c1-8(13)12-6-11(10-4-5-10)14-15(12)7-9-2-3-9/h6,8-10H,2-5,7,13H2,1H3/t8-/m1/s1. The number of rotatable bonds is 4. The number of nitrogens with zero attached hydrogens (tertiary/aromatic N) is 2. The minimum atomic E-state index is 0.115. The molecule has 2 aliphatic carbocycles. The van der Waals surface area contributed by atoms with Gasteiger partial charge in [0.25, 0.3) is 0 Å². The Bertz CT molecular complexity index is 359. The molecular weight excluding hydrogens is 186 g/mol. The molecule has 2 N–H and O–H groups in total. The number of aromatic nitrogens is 2. The molecule has 0 saturated heterocycles. The monoisotopic (exact) mass is 205 g/mol. The van der Waals surface area contributed by atoms with Crippen LogP contribution in [0.5, 0.6) is 0 Å². The highest BCUT2D eigenvalue weighted by Crippen LogP contribution is 2.40. The molecule has 2 saturated carbocycles. The number of hydrogen-bond donors (Lipinski definition) is 1. The predicted molar refractivity (Wildman–Crippen MR) is 59.5 cm³/mol. The number of hydrogen-bond acceptors (Lipinski definition) is 2. The van der Waals surface area contributed by atoms with Gasteiger partial charge in [-0.25, -0.2) is 0 Å². The molecule has 1 atom stereocenters. The van der Waals surface area contributed by atoms with Crippen LogP contribution in [0.1, 0.15) is 56.0 Å². The fourth-order valence-electron chi connectivity index (χ4n) is 2.09. The zero-order valence-corrected chi connectivity index (χ0v) is 9.32. The Balaban J connectivity index is 1.86. The maximum atomic E-state index is 5.98. The molecule has 0 radical (unpaired) electrons. The van der Waals surface area contributed by atoms with E-state index in [4.69, 9.17) is 10.8 Å². The number of nitrogens with two attached hydrogens (primary N) is 1. The van der Waals surface area contributed by atoms with Gasteiger partial charge in [0, 0.05) is 18.5 Å². The second-order valence-electron chi connectivity index (χ2n) is 5.18. The third-order valence-corrected chi connectivity index (χ3v) is 3.42. The minimum absolute atomic E-state index is 0.115. The molecule has 3 heteroatoms. The summed E-state index contributed by atoms with van der Waals surface area (Å²) >= 11 is 0. The highest BCUT2D eigenvalue weighted by molar-refractivity contribution is 5.20. The molecule has 0 aliphatic heterocycles. The van der Waals surface area contributed by atoms with Gasteiger partial charge in [-0.15, -0.1) is 0 Å². The molecule has 1 aromatic heterocycles. The normalized spacial score (nSPS) is 23.1. The van der Waals surface area contributed by atoms with Crippen LogP contribution in [0.25, 0.3) is 0 Å². The van der Waals surface area contributed by atoms with Crippen molar-refractivity contribution in [3.8, 4) is 0 Å². The van der Waals surface area contributed by atoms with Gasteiger partial charge in [-0.1, -0.05) is 0 Å². The fraction of sp³-hybridized carbons (Fsp3) is 0.750. The van der Waals surface area contributed by atoms with E-state index in [1.165, 1.54) is 37.1 Å². The highest BCUT2D eigenvalue weighted by atomic mass is 15.3. The summed E-state index contributed by atoms with van der Waals surface area (Å²) in [7, 11) is 0. The van der Waals surface area contributed by atoms with E-state index in [1.54, 1.807) is 0 Å². The topological polar surface area (TPSA) is 43.8 Å². The van der Waals surface area contributed by atoms with Crippen molar-refractivity contribution in [1.82, 2.24) is 9.78 Å². The molecule has 1 heterocycles. The maximum Gasteiger partial charge on any atom is 0.0659 e. The molecule has 1 aromatic rings. The lowest BCUT2D eigenvalue weighted by Crippen LogP contribution is -2.14. The van der Waals surface area contributed by atoms with Gasteiger partial charge >= 0.3 is 0 Å². The average Bonchev–Trinajstić information content (AvgIpc) is 3.05. The zero-order chi connectivity index (χ0) is 10.4. The fourth-order valence-corrected chi connectivity index (χ4v) is 2.09. The summed E-state index contributed by atoms with van der Waals surface area (Å²) in [6.07, 6.45) is 5.38. The van der Waals surface area contributed by atoms with E-state index in [-0.39, 0.29) is 6.04 Å². The third kappa shape index (κ3) is 1.93. The highest BCUT2D eigenvalue weighted by Gasteiger charge is 2.29. The van der Waals surface area contributed by atoms with Crippen LogP contribution in [0.15, 0.2) is 6.07 Å². The summed E-state index contributed by atoms with van der Waals surface area (Å²) in [5, 5.41) is 4.71. The first kappa shape index (κ1) is 9.40. The van der Waals surface area contributed by atoms with Gasteiger partial charge in [0.2, 0.25) is 0 Å². The summed E-state index contributed by atoms with van der Waals surface area (Å²) in [6, 6.07) is 2.34. The van der Waals surface area contributed by atoms with Crippen LogP contribution in [-0.2, 0) is 6.54 Å². The van der Waals surface area contributed by atoms with Gasteiger partial charge in [-0.3, -0.25) is 4.68 Å². The molecule has 0 aromatic carbocycles. The lowest BCUT2D eigenvalue weighted by atomic mass is 10.2. The molecule has 0 amide bonds. The minimum Gasteiger partial charge on any atom is -0.323 e. The predicted octanol–water partition coefficient (Wildman–Crippen LogP) is 2.19. The summed E-state index contributed by atoms with van der Waals surface area (Å²) in [6.45, 7) is 3.14. The first-order valence-electron chi connectivity index (χ1n) is 6.07. The molecule has 3 nitrogen and oxygen atoms in total. The van der Waals surface area contributed by atoms with E-state index in [0.29, 0.717) is 0 Å². The van der Waals surface area contributed by atoms with Crippen molar-refractivity contribution in [2.24, 2.45) is 11.7 Å². The molecular formula is C12H19N3. The Morgan fingerprint density at radius 3 is 2.73 bits per heavy atom. The van der Waals surface area contributed by atoms with Gasteiger partial charge in [0.05, 0.1) is 11.4 Å². The lowest BCUT2D eigenvalue weighted by Gasteiger charge is -2.08. The van der Waals surface area contributed by atoms with Crippen LogP contribution in [-0.4, -0.2) is 9.78 Å². The van der Waals surface area contributed by atoms with Crippen molar-refractivity contribution in [3.05, 3.63) is 17.5 Å². The Morgan fingerprint density at radius 2 is 2.20 bits per heavy atom. The molecule has 0 unspecified atom stereocenters. The van der Waals surface area contributed by atoms with Crippen LogP contribution < -0.4 is 5.73 Å². The van der Waals surface area contributed by atoms with E-state index in [2.05, 4.69) is 17.7 Å². The molecule has 15 heavy (non-hydrogen) atoms. The largest absolute Gasteiger partial charge is 0.323 e. The van der Waals surface area contributed by atoms with Gasteiger partial charge < -0.3 is 5.73 Å². The Hall–Kier alpha value is -0.830. The second kappa shape index (κ2) is 3.34. The van der Waals surface area contributed by atoms with Crippen molar-refractivity contribution in [2.45, 2.75) is 51.1 Å². The van der Waals surface area contributed by atoms with E-state index >= 15 is 0 Å². The van der Waals surface area contributed by atoms with Crippen molar-refractivity contribution in [3.63, 3.8) is 0 Å². The van der Waals surface area contributed by atoms with Gasteiger partial charge in [-0.05, 0) is 44.6 Å². The summed E-state index contributed by atoms with van der Waals surface area (Å²) in [5.74, 6) is 1.61. The molecule has 0 spiro atoms. The molecule has 2 aliphatic rings. The van der Waals surface area contributed by atoms with Gasteiger partial charge in [0.1, 0.15) is 0 Å². The van der Waals surface area contributed by atoms with Crippen molar-refractivity contribution in [1.29, 1.82) is 0 Å². The Labute approximate surface area is 90.7 Å². The second-order valence-corrected chi connectivity index (χ2v) is 5.18. The van der Waals surface area contributed by atoms with E-state index in [0.717, 1.165) is 18.4 Å². The first-order valence-corrected chi connectivity index (χ1v) is 6.07. The SMILES string of the molecule is C[C@@H](N)c1cc(C2CC2)nn1CC1CC1.